The molecule has 0 saturated heterocycles. The number of rotatable bonds is 75. The summed E-state index contributed by atoms with van der Waals surface area (Å²) in [4.78, 5) is 35.5. The third-order valence-electron chi connectivity index (χ3n) is 17.6. The maximum Gasteiger partial charge on any atom is 0.472 e. The first kappa shape index (κ1) is 88.5. The van der Waals surface area contributed by atoms with Crippen LogP contribution >= 0.6 is 7.82 Å². The van der Waals surface area contributed by atoms with Crippen molar-refractivity contribution in [2.45, 2.75) is 405 Å². The fourth-order valence-corrected chi connectivity index (χ4v) is 12.5. The Balaban J connectivity index is 3.77. The molecule has 0 aromatic carbocycles. The fourth-order valence-electron chi connectivity index (χ4n) is 11.8. The number of hydrogen-bond acceptors (Lipinski definition) is 8. The van der Waals surface area contributed by atoms with E-state index in [1.807, 2.05) is 0 Å². The topological polar surface area (TPSA) is 134 Å². The molecular weight excluding hydrogens is 1150 g/mol. The van der Waals surface area contributed by atoms with Crippen LogP contribution in [0.2, 0.25) is 0 Å². The SMILES string of the molecule is CC/C=C\C/C=C\C/C=C\C/C=C\C/C=C\CCCCCCCCCCCCCCCCCCCCCCCC(=O)OC(COC(=O)CCCCCCCCCCCCCCCCCCCCCCC/C=C\CCCCCCCCCC)COP(=O)(O)OCCN. The lowest BCUT2D eigenvalue weighted by Crippen LogP contribution is -2.29. The minimum Gasteiger partial charge on any atom is -0.462 e. The summed E-state index contributed by atoms with van der Waals surface area (Å²) in [6.45, 7) is 3.70. The predicted octanol–water partition coefficient (Wildman–Crippen LogP) is 26.3. The van der Waals surface area contributed by atoms with Gasteiger partial charge < -0.3 is 20.1 Å². The van der Waals surface area contributed by atoms with Crippen molar-refractivity contribution in [3.05, 3.63) is 72.9 Å². The zero-order valence-electron chi connectivity index (χ0n) is 60.1. The Morgan fingerprint density at radius 2 is 0.604 bits per heavy atom. The van der Waals surface area contributed by atoms with E-state index in [1.54, 1.807) is 0 Å². The molecule has 3 N–H and O–H groups in total. The molecular formula is C81H150NO8P. The zero-order valence-corrected chi connectivity index (χ0v) is 61.0. The molecule has 0 spiro atoms. The van der Waals surface area contributed by atoms with Gasteiger partial charge in [0.1, 0.15) is 6.61 Å². The van der Waals surface area contributed by atoms with Crippen LogP contribution in [-0.4, -0.2) is 49.3 Å². The average Bonchev–Trinajstić information content (AvgIpc) is 3.74. The van der Waals surface area contributed by atoms with Crippen LogP contribution in [0.5, 0.6) is 0 Å². The summed E-state index contributed by atoms with van der Waals surface area (Å²) in [5.41, 5.74) is 5.42. The zero-order chi connectivity index (χ0) is 65.8. The summed E-state index contributed by atoms with van der Waals surface area (Å²) in [5, 5.41) is 0. The van der Waals surface area contributed by atoms with Crippen LogP contribution in [0, 0.1) is 0 Å². The van der Waals surface area contributed by atoms with Crippen LogP contribution in [-0.2, 0) is 32.7 Å². The van der Waals surface area contributed by atoms with Crippen LogP contribution in [0.4, 0.5) is 0 Å². The van der Waals surface area contributed by atoms with Gasteiger partial charge in [-0.05, 0) is 83.5 Å². The van der Waals surface area contributed by atoms with Crippen LogP contribution in [0.15, 0.2) is 72.9 Å². The van der Waals surface area contributed by atoms with E-state index < -0.39 is 26.5 Å². The van der Waals surface area contributed by atoms with Gasteiger partial charge in [-0.1, -0.05) is 376 Å². The molecule has 0 aliphatic rings. The van der Waals surface area contributed by atoms with Crippen molar-refractivity contribution in [3.63, 3.8) is 0 Å². The second-order valence-electron chi connectivity index (χ2n) is 26.6. The molecule has 2 unspecified atom stereocenters. The van der Waals surface area contributed by atoms with E-state index in [0.717, 1.165) is 64.2 Å². The Labute approximate surface area is 564 Å². The number of phosphoric acid groups is 1. The standard InChI is InChI=1S/C81H150NO8P/c1-3-5-7-9-11-13-15-17-19-21-23-25-27-29-31-33-35-37-38-39-40-42-44-46-48-50-52-54-56-58-60-62-64-66-68-70-72-74-81(84)90-79(78-89-91(85,86)88-76-75-82)77-87-80(83)73-71-69-67-65-63-61-59-57-55-53-51-49-47-45-43-41-36-34-32-30-28-26-24-22-20-18-16-14-12-10-8-6-4-2/h5,7,11,13,17,19,22-25,29,31,79H,3-4,6,8-10,12,14-16,18,20-21,26-28,30,32-78,82H2,1-2H3,(H,85,86)/b7-5-,13-11-,19-17-,24-22-,25-23-,31-29-. The Morgan fingerprint density at radius 1 is 0.341 bits per heavy atom. The van der Waals surface area contributed by atoms with Gasteiger partial charge in [0, 0.05) is 19.4 Å². The molecule has 0 rings (SSSR count). The summed E-state index contributed by atoms with van der Waals surface area (Å²) >= 11 is 0. The molecule has 0 radical (unpaired) electrons. The highest BCUT2D eigenvalue weighted by Gasteiger charge is 2.26. The van der Waals surface area contributed by atoms with Gasteiger partial charge in [0.05, 0.1) is 13.2 Å². The number of allylic oxidation sites excluding steroid dienone is 12. The Hall–Kier alpha value is -2.55. The van der Waals surface area contributed by atoms with Gasteiger partial charge in [-0.25, -0.2) is 4.57 Å². The molecule has 0 fully saturated rings. The summed E-state index contributed by atoms with van der Waals surface area (Å²) in [5.74, 6) is -0.805. The number of hydrogen-bond donors (Lipinski definition) is 2. The van der Waals surface area contributed by atoms with Crippen LogP contribution < -0.4 is 5.73 Å². The van der Waals surface area contributed by atoms with Gasteiger partial charge in [-0.3, -0.25) is 18.6 Å². The number of ether oxygens (including phenoxy) is 2. The largest absolute Gasteiger partial charge is 0.472 e. The number of unbranched alkanes of at least 4 members (excludes halogenated alkanes) is 50. The lowest BCUT2D eigenvalue weighted by Gasteiger charge is -2.19. The third kappa shape index (κ3) is 76.4. The second kappa shape index (κ2) is 76.5. The van der Waals surface area contributed by atoms with Gasteiger partial charge >= 0.3 is 19.8 Å². The van der Waals surface area contributed by atoms with Gasteiger partial charge in [-0.15, -0.1) is 0 Å². The number of carbonyl (C=O) groups is 2. The molecule has 0 aliphatic carbocycles. The highest BCUT2D eigenvalue weighted by Crippen LogP contribution is 2.43. The highest BCUT2D eigenvalue weighted by atomic mass is 31.2. The third-order valence-corrected chi connectivity index (χ3v) is 18.6. The molecule has 0 aliphatic heterocycles. The smallest absolute Gasteiger partial charge is 0.462 e. The maximum atomic E-state index is 12.8. The van der Waals surface area contributed by atoms with Gasteiger partial charge in [-0.2, -0.15) is 0 Å². The number of nitrogens with two attached hydrogens (primary N) is 1. The van der Waals surface area contributed by atoms with Crippen LogP contribution in [0.1, 0.15) is 399 Å². The van der Waals surface area contributed by atoms with Crippen molar-refractivity contribution in [1.29, 1.82) is 0 Å². The monoisotopic (exact) mass is 1300 g/mol. The Kier molecular flexibility index (Phi) is 74.3. The van der Waals surface area contributed by atoms with E-state index in [2.05, 4.69) is 86.8 Å². The minimum absolute atomic E-state index is 0.0548. The summed E-state index contributed by atoms with van der Waals surface area (Å²) in [6.07, 6.45) is 102. The molecule has 0 bridgehead atoms. The van der Waals surface area contributed by atoms with Crippen molar-refractivity contribution in [2.75, 3.05) is 26.4 Å². The van der Waals surface area contributed by atoms with Crippen molar-refractivity contribution < 1.29 is 37.6 Å². The molecule has 91 heavy (non-hydrogen) atoms. The lowest BCUT2D eigenvalue weighted by atomic mass is 10.0. The normalized spacial score (nSPS) is 13.2. The molecule has 2 atom stereocenters. The van der Waals surface area contributed by atoms with Crippen LogP contribution in [0.3, 0.4) is 0 Å². The van der Waals surface area contributed by atoms with E-state index in [1.165, 1.54) is 302 Å². The lowest BCUT2D eigenvalue weighted by molar-refractivity contribution is -0.161. The number of esters is 2. The molecule has 532 valence electrons. The molecule has 0 aromatic heterocycles. The van der Waals surface area contributed by atoms with E-state index in [4.69, 9.17) is 24.3 Å². The van der Waals surface area contributed by atoms with Crippen molar-refractivity contribution in [1.82, 2.24) is 0 Å². The van der Waals surface area contributed by atoms with Gasteiger partial charge in [0.25, 0.3) is 0 Å². The quantitative estimate of drug-likeness (QED) is 0.0264. The summed E-state index contributed by atoms with van der Waals surface area (Å²) in [6, 6.07) is 0. The summed E-state index contributed by atoms with van der Waals surface area (Å²) < 4.78 is 33.3. The fraction of sp³-hybridized carbons (Fsp3) is 0.827. The molecule has 10 heteroatoms. The maximum absolute atomic E-state index is 12.8. The van der Waals surface area contributed by atoms with E-state index in [9.17, 15) is 19.0 Å². The first-order valence-corrected chi connectivity index (χ1v) is 40.9. The summed E-state index contributed by atoms with van der Waals surface area (Å²) in [7, 11) is -4.40. The number of phosphoric ester groups is 1. The minimum atomic E-state index is -4.40. The number of carbonyl (C=O) groups excluding carboxylic acids is 2. The van der Waals surface area contributed by atoms with Crippen molar-refractivity contribution >= 4 is 19.8 Å². The van der Waals surface area contributed by atoms with E-state index in [-0.39, 0.29) is 38.6 Å². The first-order chi connectivity index (χ1) is 44.8. The van der Waals surface area contributed by atoms with Gasteiger partial charge in [0.2, 0.25) is 0 Å². The molecule has 0 amide bonds. The van der Waals surface area contributed by atoms with Gasteiger partial charge in [0.15, 0.2) is 6.10 Å². The average molecular weight is 1300 g/mol. The highest BCUT2D eigenvalue weighted by molar-refractivity contribution is 7.47. The molecule has 0 aromatic rings. The second-order valence-corrected chi connectivity index (χ2v) is 28.0. The van der Waals surface area contributed by atoms with Crippen molar-refractivity contribution in [2.24, 2.45) is 5.73 Å². The predicted molar refractivity (Wildman–Crippen MR) is 395 cm³/mol. The molecule has 0 heterocycles. The van der Waals surface area contributed by atoms with Crippen molar-refractivity contribution in [3.8, 4) is 0 Å². The van der Waals surface area contributed by atoms with E-state index in [0.29, 0.717) is 6.42 Å². The molecule has 9 nitrogen and oxygen atoms in total. The van der Waals surface area contributed by atoms with Crippen LogP contribution in [0.25, 0.3) is 0 Å². The first-order valence-electron chi connectivity index (χ1n) is 39.4. The Morgan fingerprint density at radius 3 is 0.912 bits per heavy atom. The Bertz CT molecular complexity index is 1720. The van der Waals surface area contributed by atoms with E-state index >= 15 is 0 Å². The molecule has 0 saturated carbocycles.